The van der Waals surface area contributed by atoms with Crippen LogP contribution in [0.5, 0.6) is 0 Å². The van der Waals surface area contributed by atoms with Crippen LogP contribution in [-0.2, 0) is 14.8 Å². The van der Waals surface area contributed by atoms with E-state index in [2.05, 4.69) is 15.2 Å². The molecular weight excluding hydrogens is 452 g/mol. The molecule has 0 atom stereocenters. The average molecular weight is 475 g/mol. The SMILES string of the molecule is CCOC(=O)c1ccc(Sc2nnc(-c3cccc(S(=O)(=O)N4CCCCC4)c3)o2)nc1. The van der Waals surface area contributed by atoms with Gasteiger partial charge < -0.3 is 9.15 Å². The lowest BCUT2D eigenvalue weighted by Crippen LogP contribution is -2.35. The molecule has 1 aliphatic rings. The Morgan fingerprint density at radius 1 is 1.16 bits per heavy atom. The highest BCUT2D eigenvalue weighted by atomic mass is 32.2. The number of nitrogens with zero attached hydrogens (tertiary/aromatic N) is 4. The Morgan fingerprint density at radius 3 is 2.69 bits per heavy atom. The van der Waals surface area contributed by atoms with Crippen LogP contribution in [0.15, 0.2) is 62.2 Å². The molecule has 0 amide bonds. The molecule has 11 heteroatoms. The summed E-state index contributed by atoms with van der Waals surface area (Å²) < 4.78 is 38.1. The first kappa shape index (κ1) is 22.4. The van der Waals surface area contributed by atoms with E-state index < -0.39 is 16.0 Å². The van der Waals surface area contributed by atoms with Gasteiger partial charge in [0, 0.05) is 24.8 Å². The van der Waals surface area contributed by atoms with Crippen LogP contribution in [0.25, 0.3) is 11.5 Å². The molecule has 9 nitrogen and oxygen atoms in total. The summed E-state index contributed by atoms with van der Waals surface area (Å²) in [7, 11) is -3.56. The predicted octanol–water partition coefficient (Wildman–Crippen LogP) is 3.63. The van der Waals surface area contributed by atoms with Gasteiger partial charge in [-0.1, -0.05) is 12.5 Å². The summed E-state index contributed by atoms with van der Waals surface area (Å²) in [6, 6.07) is 9.79. The summed E-state index contributed by atoms with van der Waals surface area (Å²) in [6.07, 6.45) is 4.22. The van der Waals surface area contributed by atoms with Crippen molar-refractivity contribution in [1.29, 1.82) is 0 Å². The predicted molar refractivity (Wildman–Crippen MR) is 117 cm³/mol. The number of pyridine rings is 1. The molecule has 1 fully saturated rings. The number of hydrogen-bond acceptors (Lipinski definition) is 9. The van der Waals surface area contributed by atoms with E-state index in [9.17, 15) is 13.2 Å². The van der Waals surface area contributed by atoms with Crippen molar-refractivity contribution in [3.8, 4) is 11.5 Å². The fraction of sp³-hybridized carbons (Fsp3) is 0.333. The lowest BCUT2D eigenvalue weighted by atomic mass is 10.2. The number of esters is 1. The lowest BCUT2D eigenvalue weighted by Gasteiger charge is -2.25. The van der Waals surface area contributed by atoms with Crippen molar-refractivity contribution >= 4 is 27.8 Å². The molecule has 0 N–H and O–H groups in total. The van der Waals surface area contributed by atoms with E-state index in [4.69, 9.17) is 9.15 Å². The van der Waals surface area contributed by atoms with E-state index in [1.807, 2.05) is 0 Å². The minimum absolute atomic E-state index is 0.209. The van der Waals surface area contributed by atoms with Crippen LogP contribution in [0.4, 0.5) is 0 Å². The zero-order valence-corrected chi connectivity index (χ0v) is 19.1. The van der Waals surface area contributed by atoms with E-state index in [-0.39, 0.29) is 16.0 Å². The Bertz CT molecular complexity index is 1190. The van der Waals surface area contributed by atoms with Crippen molar-refractivity contribution in [1.82, 2.24) is 19.5 Å². The molecule has 3 heterocycles. The van der Waals surface area contributed by atoms with Gasteiger partial charge in [-0.05, 0) is 61.9 Å². The van der Waals surface area contributed by atoms with Gasteiger partial charge in [-0.2, -0.15) is 4.31 Å². The molecule has 0 bridgehead atoms. The highest BCUT2D eigenvalue weighted by molar-refractivity contribution is 7.99. The Balaban J connectivity index is 1.49. The van der Waals surface area contributed by atoms with Gasteiger partial charge in [-0.15, -0.1) is 10.2 Å². The van der Waals surface area contributed by atoms with Crippen LogP contribution < -0.4 is 0 Å². The van der Waals surface area contributed by atoms with Crippen molar-refractivity contribution in [3.63, 3.8) is 0 Å². The number of carbonyl (C=O) groups excluding carboxylic acids is 1. The van der Waals surface area contributed by atoms with Gasteiger partial charge in [0.05, 0.1) is 17.1 Å². The van der Waals surface area contributed by atoms with Crippen molar-refractivity contribution in [2.75, 3.05) is 19.7 Å². The third-order valence-electron chi connectivity index (χ3n) is 4.88. The summed E-state index contributed by atoms with van der Waals surface area (Å²) in [5.41, 5.74) is 0.877. The van der Waals surface area contributed by atoms with Crippen molar-refractivity contribution < 1.29 is 22.4 Å². The molecule has 1 saturated heterocycles. The third-order valence-corrected chi connectivity index (χ3v) is 7.56. The zero-order valence-electron chi connectivity index (χ0n) is 17.4. The summed E-state index contributed by atoms with van der Waals surface area (Å²) >= 11 is 1.14. The van der Waals surface area contributed by atoms with Gasteiger partial charge in [-0.3, -0.25) is 0 Å². The Kier molecular flexibility index (Phi) is 6.87. The molecule has 0 aliphatic carbocycles. The third kappa shape index (κ3) is 5.00. The number of sulfonamides is 1. The molecule has 168 valence electrons. The Morgan fingerprint density at radius 2 is 1.97 bits per heavy atom. The lowest BCUT2D eigenvalue weighted by molar-refractivity contribution is 0.0525. The van der Waals surface area contributed by atoms with Gasteiger partial charge in [-0.25, -0.2) is 18.2 Å². The summed E-state index contributed by atoms with van der Waals surface area (Å²) in [6.45, 7) is 3.11. The number of piperidine rings is 1. The molecule has 0 spiro atoms. The van der Waals surface area contributed by atoms with E-state index in [1.165, 1.54) is 10.5 Å². The molecule has 0 saturated carbocycles. The minimum Gasteiger partial charge on any atom is -0.462 e. The van der Waals surface area contributed by atoms with E-state index >= 15 is 0 Å². The van der Waals surface area contributed by atoms with Gasteiger partial charge in [0.25, 0.3) is 5.22 Å². The smallest absolute Gasteiger partial charge is 0.339 e. The van der Waals surface area contributed by atoms with Crippen molar-refractivity contribution in [3.05, 3.63) is 48.2 Å². The first-order valence-electron chi connectivity index (χ1n) is 10.2. The number of hydrogen-bond donors (Lipinski definition) is 0. The van der Waals surface area contributed by atoms with E-state index in [0.717, 1.165) is 31.0 Å². The second-order valence-electron chi connectivity index (χ2n) is 7.07. The van der Waals surface area contributed by atoms with Gasteiger partial charge in [0.1, 0.15) is 5.03 Å². The second kappa shape index (κ2) is 9.80. The largest absolute Gasteiger partial charge is 0.462 e. The maximum Gasteiger partial charge on any atom is 0.339 e. The summed E-state index contributed by atoms with van der Waals surface area (Å²) in [4.78, 5) is 16.1. The Labute approximate surface area is 190 Å². The molecule has 32 heavy (non-hydrogen) atoms. The minimum atomic E-state index is -3.56. The molecule has 3 aromatic rings. The standard InChI is InChI=1S/C21H22N4O5S2/c1-2-29-20(26)16-9-10-18(22-14-16)31-21-24-23-19(30-21)15-7-6-8-17(13-15)32(27,28)25-11-4-3-5-12-25/h6-10,13-14H,2-5,11-12H2,1H3. The quantitative estimate of drug-likeness (QED) is 0.473. The molecule has 0 radical (unpaired) electrons. The number of aromatic nitrogens is 3. The van der Waals surface area contributed by atoms with Crippen LogP contribution in [0.2, 0.25) is 0 Å². The highest BCUT2D eigenvalue weighted by Crippen LogP contribution is 2.30. The van der Waals surface area contributed by atoms with E-state index in [0.29, 0.717) is 35.8 Å². The van der Waals surface area contributed by atoms with Crippen molar-refractivity contribution in [2.45, 2.75) is 41.3 Å². The number of rotatable bonds is 7. The van der Waals surface area contributed by atoms with Crippen LogP contribution in [0.3, 0.4) is 0 Å². The topological polar surface area (TPSA) is 115 Å². The number of benzene rings is 1. The maximum atomic E-state index is 12.9. The monoisotopic (exact) mass is 474 g/mol. The second-order valence-corrected chi connectivity index (χ2v) is 9.98. The Hall–Kier alpha value is -2.76. The van der Waals surface area contributed by atoms with E-state index in [1.54, 1.807) is 43.3 Å². The fourth-order valence-corrected chi connectivity index (χ4v) is 5.46. The average Bonchev–Trinajstić information content (AvgIpc) is 3.29. The van der Waals surface area contributed by atoms with Gasteiger partial charge in [0.2, 0.25) is 15.9 Å². The first-order chi connectivity index (χ1) is 15.5. The summed E-state index contributed by atoms with van der Waals surface area (Å²) in [5, 5.41) is 8.87. The molecule has 1 aromatic carbocycles. The highest BCUT2D eigenvalue weighted by Gasteiger charge is 2.26. The van der Waals surface area contributed by atoms with Gasteiger partial charge >= 0.3 is 5.97 Å². The van der Waals surface area contributed by atoms with Crippen LogP contribution in [0, 0.1) is 0 Å². The van der Waals surface area contributed by atoms with Gasteiger partial charge in [0.15, 0.2) is 0 Å². The summed E-state index contributed by atoms with van der Waals surface area (Å²) in [5.74, 6) is -0.220. The first-order valence-corrected chi connectivity index (χ1v) is 12.5. The van der Waals surface area contributed by atoms with Crippen molar-refractivity contribution in [2.24, 2.45) is 0 Å². The van der Waals surface area contributed by atoms with Crippen LogP contribution >= 0.6 is 11.8 Å². The van der Waals surface area contributed by atoms with Crippen LogP contribution in [-0.4, -0.2) is 53.6 Å². The molecule has 0 unspecified atom stereocenters. The normalized spacial score (nSPS) is 14.9. The molecule has 1 aliphatic heterocycles. The number of carbonyl (C=O) groups is 1. The fourth-order valence-electron chi connectivity index (χ4n) is 3.28. The molecular formula is C21H22N4O5S2. The molecule has 4 rings (SSSR count). The maximum absolute atomic E-state index is 12.9. The molecule has 2 aromatic heterocycles. The number of ether oxygens (including phenoxy) is 1. The zero-order chi connectivity index (χ0) is 22.6. The van der Waals surface area contributed by atoms with Crippen LogP contribution in [0.1, 0.15) is 36.5 Å².